The molecule has 5 nitrogen and oxygen atoms in total. The van der Waals surface area contributed by atoms with Crippen LogP contribution in [0.5, 0.6) is 0 Å². The number of amides is 1. The van der Waals surface area contributed by atoms with E-state index in [-0.39, 0.29) is 29.9 Å². The van der Waals surface area contributed by atoms with Crippen molar-refractivity contribution in [3.05, 3.63) is 35.2 Å². The maximum Gasteiger partial charge on any atom is 0.271 e. The van der Waals surface area contributed by atoms with Crippen LogP contribution in [-0.2, 0) is 0 Å². The summed E-state index contributed by atoms with van der Waals surface area (Å²) in [4.78, 5) is 15.8. The topological polar surface area (TPSA) is 66.6 Å². The molecule has 6 heteroatoms. The molecule has 0 bridgehead atoms. The SMILES string of the molecule is O=C(NCCO)c1c(Cl)nc2ccccn12. The van der Waals surface area contributed by atoms with Gasteiger partial charge in [0.25, 0.3) is 5.91 Å². The van der Waals surface area contributed by atoms with Crippen molar-refractivity contribution in [3.63, 3.8) is 0 Å². The number of aliphatic hydroxyl groups excluding tert-OH is 1. The molecule has 2 aromatic rings. The Morgan fingerprint density at radius 3 is 3.12 bits per heavy atom. The van der Waals surface area contributed by atoms with Gasteiger partial charge in [-0.25, -0.2) is 4.98 Å². The van der Waals surface area contributed by atoms with Gasteiger partial charge in [0.15, 0.2) is 10.8 Å². The van der Waals surface area contributed by atoms with E-state index in [0.29, 0.717) is 5.65 Å². The highest BCUT2D eigenvalue weighted by molar-refractivity contribution is 6.32. The molecule has 0 radical (unpaired) electrons. The Labute approximate surface area is 96.7 Å². The van der Waals surface area contributed by atoms with Gasteiger partial charge >= 0.3 is 0 Å². The molecular formula is C10H10ClN3O2. The van der Waals surface area contributed by atoms with Gasteiger partial charge in [0.1, 0.15) is 5.65 Å². The number of carbonyl (C=O) groups is 1. The van der Waals surface area contributed by atoms with Gasteiger partial charge in [-0.3, -0.25) is 9.20 Å². The van der Waals surface area contributed by atoms with Crippen molar-refractivity contribution >= 4 is 23.2 Å². The summed E-state index contributed by atoms with van der Waals surface area (Å²) in [6, 6.07) is 5.36. The molecule has 0 aliphatic carbocycles. The lowest BCUT2D eigenvalue weighted by molar-refractivity contribution is 0.0939. The number of hydrogen-bond donors (Lipinski definition) is 2. The highest BCUT2D eigenvalue weighted by Crippen LogP contribution is 2.17. The van der Waals surface area contributed by atoms with Crippen LogP contribution in [0.25, 0.3) is 5.65 Å². The van der Waals surface area contributed by atoms with Crippen LogP contribution in [0.4, 0.5) is 0 Å². The van der Waals surface area contributed by atoms with Crippen molar-refractivity contribution in [1.82, 2.24) is 14.7 Å². The van der Waals surface area contributed by atoms with Gasteiger partial charge in [-0.2, -0.15) is 0 Å². The Morgan fingerprint density at radius 1 is 1.56 bits per heavy atom. The van der Waals surface area contributed by atoms with Gasteiger partial charge in [-0.05, 0) is 12.1 Å². The molecule has 0 atom stereocenters. The molecule has 0 unspecified atom stereocenters. The Balaban J connectivity index is 2.43. The van der Waals surface area contributed by atoms with Gasteiger partial charge in [0.05, 0.1) is 6.61 Å². The molecule has 2 heterocycles. The predicted molar refractivity (Wildman–Crippen MR) is 59.6 cm³/mol. The average Bonchev–Trinajstić information content (AvgIpc) is 2.62. The van der Waals surface area contributed by atoms with Crippen LogP contribution in [0.1, 0.15) is 10.5 Å². The summed E-state index contributed by atoms with van der Waals surface area (Å²) in [6.45, 7) is 0.0787. The minimum atomic E-state index is -0.349. The van der Waals surface area contributed by atoms with Gasteiger partial charge in [0, 0.05) is 12.7 Å². The molecule has 0 aliphatic heterocycles. The van der Waals surface area contributed by atoms with Crippen LogP contribution < -0.4 is 5.32 Å². The molecule has 0 aromatic carbocycles. The second kappa shape index (κ2) is 4.51. The third-order valence-corrected chi connectivity index (χ3v) is 2.36. The number of rotatable bonds is 3. The van der Waals surface area contributed by atoms with E-state index in [9.17, 15) is 4.79 Å². The average molecular weight is 240 g/mol. The first-order valence-corrected chi connectivity index (χ1v) is 5.13. The third-order valence-electron chi connectivity index (χ3n) is 2.10. The van der Waals surface area contributed by atoms with Crippen molar-refractivity contribution in [1.29, 1.82) is 0 Å². The maximum atomic E-state index is 11.7. The molecule has 16 heavy (non-hydrogen) atoms. The zero-order chi connectivity index (χ0) is 11.5. The zero-order valence-corrected chi connectivity index (χ0v) is 9.11. The molecule has 1 amide bonds. The van der Waals surface area contributed by atoms with E-state index < -0.39 is 0 Å². The minimum Gasteiger partial charge on any atom is -0.395 e. The van der Waals surface area contributed by atoms with Crippen LogP contribution in [0.2, 0.25) is 5.15 Å². The lowest BCUT2D eigenvalue weighted by Crippen LogP contribution is -2.27. The van der Waals surface area contributed by atoms with Crippen molar-refractivity contribution in [2.75, 3.05) is 13.2 Å². The summed E-state index contributed by atoms with van der Waals surface area (Å²) in [5.74, 6) is -0.349. The number of carbonyl (C=O) groups excluding carboxylic acids is 1. The fourth-order valence-electron chi connectivity index (χ4n) is 1.42. The Hall–Kier alpha value is -1.59. The Bertz CT molecular complexity index is 524. The summed E-state index contributed by atoms with van der Waals surface area (Å²) < 4.78 is 1.61. The van der Waals surface area contributed by atoms with Gasteiger partial charge < -0.3 is 10.4 Å². The van der Waals surface area contributed by atoms with Crippen LogP contribution in [0, 0.1) is 0 Å². The fourth-order valence-corrected chi connectivity index (χ4v) is 1.69. The first kappa shape index (κ1) is 10.9. The van der Waals surface area contributed by atoms with Crippen LogP contribution in [0.15, 0.2) is 24.4 Å². The number of fused-ring (bicyclic) bond motifs is 1. The summed E-state index contributed by atoms with van der Waals surface area (Å²) in [7, 11) is 0. The van der Waals surface area contributed by atoms with Crippen LogP contribution in [0.3, 0.4) is 0 Å². The number of aliphatic hydroxyl groups is 1. The highest BCUT2D eigenvalue weighted by Gasteiger charge is 2.16. The molecular weight excluding hydrogens is 230 g/mol. The largest absolute Gasteiger partial charge is 0.395 e. The van der Waals surface area contributed by atoms with E-state index in [1.807, 2.05) is 6.07 Å². The highest BCUT2D eigenvalue weighted by atomic mass is 35.5. The number of nitrogens with zero attached hydrogens (tertiary/aromatic N) is 2. The maximum absolute atomic E-state index is 11.7. The summed E-state index contributed by atoms with van der Waals surface area (Å²) >= 11 is 5.89. The normalized spacial score (nSPS) is 10.6. The van der Waals surface area contributed by atoms with Crippen molar-refractivity contribution < 1.29 is 9.90 Å². The Morgan fingerprint density at radius 2 is 2.38 bits per heavy atom. The lowest BCUT2D eigenvalue weighted by atomic mass is 10.4. The monoisotopic (exact) mass is 239 g/mol. The zero-order valence-electron chi connectivity index (χ0n) is 8.35. The number of imidazole rings is 1. The first-order chi connectivity index (χ1) is 7.74. The van der Waals surface area contributed by atoms with Crippen LogP contribution >= 0.6 is 11.6 Å². The molecule has 2 aromatic heterocycles. The van der Waals surface area contributed by atoms with Crippen molar-refractivity contribution in [2.45, 2.75) is 0 Å². The van der Waals surface area contributed by atoms with Gasteiger partial charge in [-0.15, -0.1) is 0 Å². The van der Waals surface area contributed by atoms with Crippen molar-refractivity contribution in [3.8, 4) is 0 Å². The number of hydrogen-bond acceptors (Lipinski definition) is 3. The molecule has 0 aliphatic rings. The van der Waals surface area contributed by atoms with Gasteiger partial charge in [-0.1, -0.05) is 17.7 Å². The smallest absolute Gasteiger partial charge is 0.271 e. The number of pyridine rings is 1. The molecule has 84 valence electrons. The van der Waals surface area contributed by atoms with Gasteiger partial charge in [0.2, 0.25) is 0 Å². The minimum absolute atomic E-state index is 0.111. The number of aromatic nitrogens is 2. The number of nitrogens with one attached hydrogen (secondary N) is 1. The molecule has 0 fully saturated rings. The molecule has 0 spiro atoms. The van der Waals surface area contributed by atoms with E-state index in [4.69, 9.17) is 16.7 Å². The second-order valence-electron chi connectivity index (χ2n) is 3.16. The van der Waals surface area contributed by atoms with E-state index in [1.54, 1.807) is 22.7 Å². The van der Waals surface area contributed by atoms with E-state index >= 15 is 0 Å². The van der Waals surface area contributed by atoms with Crippen LogP contribution in [-0.4, -0.2) is 33.6 Å². The summed E-state index contributed by atoms with van der Waals surface area (Å²) in [5.41, 5.74) is 0.896. The molecule has 0 saturated carbocycles. The first-order valence-electron chi connectivity index (χ1n) is 4.75. The van der Waals surface area contributed by atoms with E-state index in [1.165, 1.54) is 0 Å². The van der Waals surface area contributed by atoms with E-state index in [2.05, 4.69) is 10.3 Å². The quantitative estimate of drug-likeness (QED) is 0.829. The number of halogens is 1. The summed E-state index contributed by atoms with van der Waals surface area (Å²) in [6.07, 6.45) is 1.71. The molecule has 2 rings (SSSR count). The standard InChI is InChI=1S/C10H10ClN3O2/c11-9-8(10(16)12-4-6-15)14-5-2-1-3-7(14)13-9/h1-3,5,15H,4,6H2,(H,12,16). The third kappa shape index (κ3) is 1.87. The summed E-state index contributed by atoms with van der Waals surface area (Å²) in [5, 5.41) is 11.3. The molecule has 2 N–H and O–H groups in total. The Kier molecular flexibility index (Phi) is 3.07. The predicted octanol–water partition coefficient (Wildman–Crippen LogP) is 0.710. The molecule has 0 saturated heterocycles. The van der Waals surface area contributed by atoms with Crippen molar-refractivity contribution in [2.24, 2.45) is 0 Å². The fraction of sp³-hybridized carbons (Fsp3) is 0.200. The van der Waals surface area contributed by atoms with E-state index in [0.717, 1.165) is 0 Å². The second-order valence-corrected chi connectivity index (χ2v) is 3.52. The lowest BCUT2D eigenvalue weighted by Gasteiger charge is -2.02.